The highest BCUT2D eigenvalue weighted by atomic mass is 79.9. The predicted octanol–water partition coefficient (Wildman–Crippen LogP) is 3.57. The lowest BCUT2D eigenvalue weighted by molar-refractivity contribution is -0.137. The van der Waals surface area contributed by atoms with E-state index in [0.717, 1.165) is 0 Å². The number of nitrogens with one attached hydrogen (secondary N) is 1. The molecule has 10 nitrogen and oxygen atoms in total. The van der Waals surface area contributed by atoms with Crippen LogP contribution < -0.4 is 5.32 Å². The fraction of sp³-hybridized carbons (Fsp3) is 0.240. The van der Waals surface area contributed by atoms with Crippen molar-refractivity contribution in [1.82, 2.24) is 29.6 Å². The fourth-order valence-corrected chi connectivity index (χ4v) is 4.76. The molecule has 5 rings (SSSR count). The predicted molar refractivity (Wildman–Crippen MR) is 136 cm³/mol. The first kappa shape index (κ1) is 25.5. The summed E-state index contributed by atoms with van der Waals surface area (Å²) in [4.78, 5) is 51.0. The van der Waals surface area contributed by atoms with Crippen molar-refractivity contribution < 1.29 is 23.2 Å². The van der Waals surface area contributed by atoms with Crippen molar-refractivity contribution in [3.63, 3.8) is 0 Å². The van der Waals surface area contributed by atoms with Crippen molar-refractivity contribution in [2.75, 3.05) is 11.9 Å². The average molecular weight is 584 g/mol. The molecule has 0 radical (unpaired) electrons. The Hall–Kier alpha value is -4.13. The molecule has 4 aromatic rings. The molecule has 13 heteroatoms. The third kappa shape index (κ3) is 5.14. The van der Waals surface area contributed by atoms with Crippen LogP contribution >= 0.6 is 15.9 Å². The molecular weight excluding hydrogens is 564 g/mol. The van der Waals surface area contributed by atoms with E-state index in [4.69, 9.17) is 0 Å². The minimum absolute atomic E-state index is 0.137. The second kappa shape index (κ2) is 10.3. The summed E-state index contributed by atoms with van der Waals surface area (Å²) < 4.78 is 29.4. The number of fused-ring (bicyclic) bond motifs is 1. The molecule has 0 bridgehead atoms. The first-order chi connectivity index (χ1) is 18.2. The number of hydrogen-bond acceptors (Lipinski definition) is 7. The van der Waals surface area contributed by atoms with Gasteiger partial charge in [-0.05, 0) is 45.8 Å². The summed E-state index contributed by atoms with van der Waals surface area (Å²) in [5.41, 5.74) is 1.79. The maximum absolute atomic E-state index is 14.4. The Balaban J connectivity index is 1.41. The summed E-state index contributed by atoms with van der Waals surface area (Å²) in [6, 6.07) is 9.00. The number of carbonyl (C=O) groups excluding carboxylic acids is 3. The quantitative estimate of drug-likeness (QED) is 0.209. The molecular formula is C25H20BrF2N7O3. The van der Waals surface area contributed by atoms with Gasteiger partial charge < -0.3 is 10.2 Å². The molecule has 0 saturated carbocycles. The summed E-state index contributed by atoms with van der Waals surface area (Å²) in [6.07, 6.45) is 0.268. The van der Waals surface area contributed by atoms with E-state index in [1.807, 2.05) is 0 Å². The number of aromatic nitrogens is 5. The number of nitrogens with zero attached hydrogens (tertiary/aromatic N) is 6. The zero-order valence-corrected chi connectivity index (χ0v) is 21.5. The van der Waals surface area contributed by atoms with Crippen molar-refractivity contribution >= 4 is 50.2 Å². The fourth-order valence-electron chi connectivity index (χ4n) is 4.42. The normalized spacial score (nSPS) is 17.1. The van der Waals surface area contributed by atoms with Crippen LogP contribution in [-0.4, -0.2) is 66.0 Å². The molecule has 1 aliphatic rings. The second-order valence-electron chi connectivity index (χ2n) is 8.76. The van der Waals surface area contributed by atoms with Crippen LogP contribution in [0.1, 0.15) is 23.8 Å². The molecule has 1 saturated heterocycles. The standard InChI is InChI=1S/C25H20BrF2N7O3/c1-13(36)23-17-7-14(15-9-29-25(28)30-10-15)5-6-18(17)35(33-23)12-22(37)34-11-16(27)8-19(34)24(38)32-21-4-2-3-20(26)31-21/h2-7,9-10,16,19H,8,11-12H2,1H3,(H,31,32,38)/t16-,19+/m1/s1. The van der Waals surface area contributed by atoms with Crippen LogP contribution in [0.2, 0.25) is 0 Å². The first-order valence-corrected chi connectivity index (χ1v) is 12.4. The van der Waals surface area contributed by atoms with Crippen LogP contribution in [0.4, 0.5) is 14.6 Å². The van der Waals surface area contributed by atoms with Crippen molar-refractivity contribution in [2.24, 2.45) is 0 Å². The van der Waals surface area contributed by atoms with E-state index in [1.54, 1.807) is 36.4 Å². The van der Waals surface area contributed by atoms with Gasteiger partial charge >= 0.3 is 6.08 Å². The number of benzene rings is 1. The monoisotopic (exact) mass is 583 g/mol. The number of halogens is 3. The van der Waals surface area contributed by atoms with Gasteiger partial charge in [0.15, 0.2) is 5.78 Å². The van der Waals surface area contributed by atoms with Gasteiger partial charge in [0.2, 0.25) is 11.8 Å². The molecule has 1 aliphatic heterocycles. The van der Waals surface area contributed by atoms with E-state index in [0.29, 0.717) is 26.6 Å². The lowest BCUT2D eigenvalue weighted by Crippen LogP contribution is -2.44. The Bertz CT molecular complexity index is 1560. The van der Waals surface area contributed by atoms with E-state index >= 15 is 0 Å². The number of anilines is 1. The third-order valence-corrected chi connectivity index (χ3v) is 6.60. The lowest BCUT2D eigenvalue weighted by Gasteiger charge is -2.23. The van der Waals surface area contributed by atoms with Crippen LogP contribution in [0.5, 0.6) is 0 Å². The summed E-state index contributed by atoms with van der Waals surface area (Å²) in [5, 5.41) is 7.44. The molecule has 194 valence electrons. The topological polar surface area (TPSA) is 123 Å². The molecule has 4 heterocycles. The molecule has 1 N–H and O–H groups in total. The van der Waals surface area contributed by atoms with Crippen LogP contribution in [0.15, 0.2) is 53.4 Å². The van der Waals surface area contributed by atoms with Crippen LogP contribution in [-0.2, 0) is 16.1 Å². The largest absolute Gasteiger partial charge is 0.326 e. The molecule has 38 heavy (non-hydrogen) atoms. The van der Waals surface area contributed by atoms with Crippen LogP contribution in [0.25, 0.3) is 22.0 Å². The van der Waals surface area contributed by atoms with Crippen LogP contribution in [0, 0.1) is 6.08 Å². The minimum atomic E-state index is -1.37. The maximum Gasteiger partial charge on any atom is 0.308 e. The second-order valence-corrected chi connectivity index (χ2v) is 9.58. The Morgan fingerprint density at radius 2 is 1.89 bits per heavy atom. The highest BCUT2D eigenvalue weighted by Gasteiger charge is 2.40. The SMILES string of the molecule is CC(=O)c1nn(CC(=O)N2C[C@H](F)C[C@H]2C(=O)Nc2cccc(Br)n2)c2ccc(-c3cnc(F)nc3)cc12. The molecule has 1 fully saturated rings. The molecule has 1 aromatic carbocycles. The summed E-state index contributed by atoms with van der Waals surface area (Å²) >= 11 is 3.23. The molecule has 0 spiro atoms. The highest BCUT2D eigenvalue weighted by molar-refractivity contribution is 9.10. The number of likely N-dealkylation sites (tertiary alicyclic amines) is 1. The number of rotatable bonds is 6. The number of alkyl halides is 1. The van der Waals surface area contributed by atoms with Gasteiger partial charge in [-0.3, -0.25) is 19.1 Å². The lowest BCUT2D eigenvalue weighted by atomic mass is 10.0. The van der Waals surface area contributed by atoms with Crippen molar-refractivity contribution in [1.29, 1.82) is 0 Å². The smallest absolute Gasteiger partial charge is 0.308 e. The summed E-state index contributed by atoms with van der Waals surface area (Å²) in [6.45, 7) is 0.802. The average Bonchev–Trinajstić information content (AvgIpc) is 3.45. The number of amides is 2. The van der Waals surface area contributed by atoms with Crippen molar-refractivity contribution in [3.8, 4) is 11.1 Å². The van der Waals surface area contributed by atoms with Crippen molar-refractivity contribution in [2.45, 2.75) is 32.1 Å². The molecule has 0 unspecified atom stereocenters. The van der Waals surface area contributed by atoms with E-state index in [-0.39, 0.29) is 36.8 Å². The Morgan fingerprint density at radius 3 is 2.61 bits per heavy atom. The van der Waals surface area contributed by atoms with Gasteiger partial charge in [-0.15, -0.1) is 0 Å². The van der Waals surface area contributed by atoms with E-state index in [9.17, 15) is 23.2 Å². The number of ketones is 1. The molecule has 0 aliphatic carbocycles. The number of Topliss-reactive ketones (excluding diaryl/α,β-unsaturated/α-hetero) is 1. The Morgan fingerprint density at radius 1 is 1.13 bits per heavy atom. The molecule has 2 atom stereocenters. The molecule has 3 aromatic heterocycles. The van der Waals surface area contributed by atoms with Gasteiger partial charge in [0, 0.05) is 36.7 Å². The Kier molecular flexibility index (Phi) is 6.93. The van der Waals surface area contributed by atoms with Crippen LogP contribution in [0.3, 0.4) is 0 Å². The van der Waals surface area contributed by atoms with Gasteiger partial charge in [-0.25, -0.2) is 19.3 Å². The maximum atomic E-state index is 14.4. The third-order valence-electron chi connectivity index (χ3n) is 6.16. The number of hydrogen-bond donors (Lipinski definition) is 1. The summed E-state index contributed by atoms with van der Waals surface area (Å²) in [5.74, 6) is -1.13. The Labute approximate surface area is 223 Å². The van der Waals surface area contributed by atoms with Gasteiger partial charge in [0.05, 0.1) is 12.1 Å². The highest BCUT2D eigenvalue weighted by Crippen LogP contribution is 2.28. The summed E-state index contributed by atoms with van der Waals surface area (Å²) in [7, 11) is 0. The van der Waals surface area contributed by atoms with Crippen molar-refractivity contribution in [3.05, 3.63) is 65.2 Å². The van der Waals surface area contributed by atoms with Gasteiger partial charge in [-0.1, -0.05) is 12.1 Å². The molecule has 2 amide bonds. The van der Waals surface area contributed by atoms with Gasteiger partial charge in [-0.2, -0.15) is 9.49 Å². The van der Waals surface area contributed by atoms with E-state index < -0.39 is 30.1 Å². The van der Waals surface area contributed by atoms with E-state index in [1.165, 1.54) is 28.9 Å². The number of carbonyl (C=O) groups is 3. The van der Waals surface area contributed by atoms with Gasteiger partial charge in [0.1, 0.15) is 34.9 Å². The minimum Gasteiger partial charge on any atom is -0.326 e. The van der Waals surface area contributed by atoms with E-state index in [2.05, 4.69) is 41.3 Å². The zero-order valence-electron chi connectivity index (χ0n) is 19.9. The van der Waals surface area contributed by atoms with Gasteiger partial charge in [0.25, 0.3) is 0 Å². The zero-order chi connectivity index (χ0) is 27.0. The number of pyridine rings is 1. The first-order valence-electron chi connectivity index (χ1n) is 11.6.